The molecule has 9 heteroatoms. The Morgan fingerprint density at radius 2 is 1.97 bits per heavy atom. The van der Waals surface area contributed by atoms with Crippen molar-refractivity contribution in [3.8, 4) is 0 Å². The maximum atomic E-state index is 13.9. The number of benzene rings is 1. The largest absolute Gasteiger partial charge is 0.461 e. The Balaban J connectivity index is 1.67. The molecule has 2 aromatic rings. The number of carbonyl (C=O) groups excluding carboxylic acids is 3. The predicted molar refractivity (Wildman–Crippen MR) is 122 cm³/mol. The van der Waals surface area contributed by atoms with E-state index in [-0.39, 0.29) is 43.0 Å². The summed E-state index contributed by atoms with van der Waals surface area (Å²) in [5.41, 5.74) is -0.507. The Labute approximate surface area is 198 Å². The van der Waals surface area contributed by atoms with Crippen molar-refractivity contribution >= 4 is 17.8 Å². The number of esters is 1. The van der Waals surface area contributed by atoms with Crippen LogP contribution in [-0.2, 0) is 22.6 Å². The normalized spacial score (nSPS) is 24.5. The molecule has 2 amide bonds. The average molecular weight is 471 g/mol. The Hall–Kier alpha value is -3.23. The van der Waals surface area contributed by atoms with Gasteiger partial charge in [-0.2, -0.15) is 5.10 Å². The summed E-state index contributed by atoms with van der Waals surface area (Å²) in [6, 6.07) is 7.40. The smallest absolute Gasteiger partial charge is 0.358 e. The van der Waals surface area contributed by atoms with E-state index in [2.05, 4.69) is 17.3 Å². The third kappa shape index (κ3) is 4.69. The van der Waals surface area contributed by atoms with Gasteiger partial charge in [-0.15, -0.1) is 0 Å². The number of halogens is 1. The summed E-state index contributed by atoms with van der Waals surface area (Å²) in [5.74, 6) is -1.14. The predicted octanol–water partition coefficient (Wildman–Crippen LogP) is 3.31. The van der Waals surface area contributed by atoms with Crippen LogP contribution in [0.4, 0.5) is 4.39 Å². The van der Waals surface area contributed by atoms with E-state index in [4.69, 9.17) is 4.74 Å². The summed E-state index contributed by atoms with van der Waals surface area (Å²) >= 11 is 0. The van der Waals surface area contributed by atoms with Crippen LogP contribution in [0.25, 0.3) is 0 Å². The number of rotatable bonds is 6. The van der Waals surface area contributed by atoms with E-state index >= 15 is 0 Å². The van der Waals surface area contributed by atoms with E-state index in [9.17, 15) is 18.8 Å². The highest BCUT2D eigenvalue weighted by molar-refractivity contribution is 6.01. The lowest BCUT2D eigenvalue weighted by molar-refractivity contribution is -0.134. The molecule has 182 valence electrons. The Kier molecular flexibility index (Phi) is 6.72. The third-order valence-corrected chi connectivity index (χ3v) is 6.85. The number of hydrogen-bond acceptors (Lipinski definition) is 5. The first-order valence-electron chi connectivity index (χ1n) is 11.8. The van der Waals surface area contributed by atoms with Gasteiger partial charge in [-0.3, -0.25) is 14.3 Å². The second-order valence-corrected chi connectivity index (χ2v) is 9.52. The van der Waals surface area contributed by atoms with E-state index in [1.165, 1.54) is 27.8 Å². The Morgan fingerprint density at radius 3 is 2.65 bits per heavy atom. The topological polar surface area (TPSA) is 93.5 Å². The Bertz CT molecular complexity index is 1090. The van der Waals surface area contributed by atoms with E-state index in [1.807, 2.05) is 0 Å². The number of amides is 2. The van der Waals surface area contributed by atoms with Crippen molar-refractivity contribution in [2.24, 2.45) is 5.92 Å². The molecule has 0 bridgehead atoms. The summed E-state index contributed by atoms with van der Waals surface area (Å²) in [6.45, 7) is 5.88. The minimum Gasteiger partial charge on any atom is -0.461 e. The molecule has 1 aliphatic heterocycles. The molecule has 1 atom stereocenters. The summed E-state index contributed by atoms with van der Waals surface area (Å²) < 4.78 is 20.3. The molecule has 8 nitrogen and oxygen atoms in total. The monoisotopic (exact) mass is 470 g/mol. The van der Waals surface area contributed by atoms with Crippen molar-refractivity contribution in [2.75, 3.05) is 6.61 Å². The molecule has 4 rings (SSSR count). The molecule has 1 saturated carbocycles. The molecule has 1 aliphatic carbocycles. The van der Waals surface area contributed by atoms with E-state index in [0.29, 0.717) is 11.5 Å². The van der Waals surface area contributed by atoms with E-state index < -0.39 is 23.2 Å². The molecule has 2 aliphatic rings. The lowest BCUT2D eigenvalue weighted by atomic mass is 9.86. The fourth-order valence-corrected chi connectivity index (χ4v) is 4.76. The quantitative estimate of drug-likeness (QED) is 0.654. The zero-order chi connectivity index (χ0) is 24.5. The molecule has 0 saturated heterocycles. The van der Waals surface area contributed by atoms with Crippen LogP contribution >= 0.6 is 0 Å². The molecular formula is C25H31FN4O4. The minimum absolute atomic E-state index is 0.0156. The number of hydrogen-bond donors (Lipinski definition) is 1. The van der Waals surface area contributed by atoms with Gasteiger partial charge in [0.1, 0.15) is 17.1 Å². The van der Waals surface area contributed by atoms with Crippen molar-refractivity contribution < 1.29 is 23.5 Å². The third-order valence-electron chi connectivity index (χ3n) is 6.85. The molecule has 1 aromatic carbocycles. The first-order chi connectivity index (χ1) is 16.2. The van der Waals surface area contributed by atoms with Crippen molar-refractivity contribution in [2.45, 2.75) is 71.1 Å². The van der Waals surface area contributed by atoms with E-state index in [1.54, 1.807) is 26.0 Å². The van der Waals surface area contributed by atoms with E-state index in [0.717, 1.165) is 25.7 Å². The summed E-state index contributed by atoms with van der Waals surface area (Å²) in [5, 5.41) is 7.40. The minimum atomic E-state index is -1.28. The zero-order valence-corrected chi connectivity index (χ0v) is 19.8. The second kappa shape index (κ2) is 9.56. The molecule has 2 heterocycles. The van der Waals surface area contributed by atoms with Crippen molar-refractivity contribution in [3.63, 3.8) is 0 Å². The summed E-state index contributed by atoms with van der Waals surface area (Å²) in [7, 11) is 0. The summed E-state index contributed by atoms with van der Waals surface area (Å²) in [6.07, 6.45) is 3.86. The average Bonchev–Trinajstić information content (AvgIpc) is 3.22. The standard InChI is InChI=1S/C25H31FN4O4/c1-4-34-23(32)20-13-21-22(31)29(14-17-6-5-7-18(26)12-17)25(3,15-30(21)28-20)24(33)27-19-10-8-16(2)9-11-19/h5-7,12-13,16,19H,4,8-11,14-15H2,1-3H3,(H,27,33). The molecular weight excluding hydrogens is 439 g/mol. The van der Waals surface area contributed by atoms with Crippen LogP contribution in [0.15, 0.2) is 30.3 Å². The fraction of sp³-hybridized carbons (Fsp3) is 0.520. The molecule has 1 fully saturated rings. The molecule has 1 aromatic heterocycles. The van der Waals surface area contributed by atoms with Gasteiger partial charge in [0.2, 0.25) is 5.91 Å². The second-order valence-electron chi connectivity index (χ2n) is 9.52. The first-order valence-corrected chi connectivity index (χ1v) is 11.8. The number of aromatic nitrogens is 2. The molecule has 0 radical (unpaired) electrons. The highest BCUT2D eigenvalue weighted by Gasteiger charge is 2.48. The molecule has 1 unspecified atom stereocenters. The van der Waals surface area contributed by atoms with Crippen molar-refractivity contribution in [3.05, 3.63) is 53.1 Å². The highest BCUT2D eigenvalue weighted by atomic mass is 19.1. The van der Waals surface area contributed by atoms with Gasteiger partial charge in [0.05, 0.1) is 13.2 Å². The maximum absolute atomic E-state index is 13.9. The molecule has 0 spiro atoms. The SMILES string of the molecule is CCOC(=O)c1cc2n(n1)CC(C)(C(=O)NC1CCC(C)CC1)N(Cc1cccc(F)c1)C2=O. The lowest BCUT2D eigenvalue weighted by Gasteiger charge is -2.44. The van der Waals surface area contributed by atoms with Gasteiger partial charge in [-0.1, -0.05) is 19.1 Å². The van der Waals surface area contributed by atoms with Crippen LogP contribution in [0, 0.1) is 11.7 Å². The Morgan fingerprint density at radius 1 is 1.24 bits per heavy atom. The number of nitrogens with zero attached hydrogens (tertiary/aromatic N) is 3. The zero-order valence-electron chi connectivity index (χ0n) is 19.8. The lowest BCUT2D eigenvalue weighted by Crippen LogP contribution is -2.64. The molecule has 34 heavy (non-hydrogen) atoms. The van der Waals surface area contributed by atoms with Crippen LogP contribution < -0.4 is 5.32 Å². The number of carbonyl (C=O) groups is 3. The van der Waals surface area contributed by atoms with Gasteiger partial charge >= 0.3 is 5.97 Å². The van der Waals surface area contributed by atoms with Gasteiger partial charge in [0.15, 0.2) is 5.69 Å². The fourth-order valence-electron chi connectivity index (χ4n) is 4.76. The number of nitrogens with one attached hydrogen (secondary N) is 1. The van der Waals surface area contributed by atoms with Crippen molar-refractivity contribution in [1.82, 2.24) is 20.0 Å². The van der Waals surface area contributed by atoms with Gasteiger partial charge in [0.25, 0.3) is 5.91 Å². The van der Waals surface area contributed by atoms with Gasteiger partial charge < -0.3 is 15.0 Å². The number of ether oxygens (including phenoxy) is 1. The van der Waals surface area contributed by atoms with Gasteiger partial charge in [-0.25, -0.2) is 9.18 Å². The first kappa shape index (κ1) is 23.9. The number of fused-ring (bicyclic) bond motifs is 1. The molecule has 1 N–H and O–H groups in total. The van der Waals surface area contributed by atoms with Crippen LogP contribution in [0.1, 0.15) is 73.0 Å². The maximum Gasteiger partial charge on any atom is 0.358 e. The van der Waals surface area contributed by atoms with Crippen molar-refractivity contribution in [1.29, 1.82) is 0 Å². The summed E-state index contributed by atoms with van der Waals surface area (Å²) in [4.78, 5) is 40.9. The van der Waals surface area contributed by atoms with Crippen LogP contribution in [0.5, 0.6) is 0 Å². The van der Waals surface area contributed by atoms with Crippen LogP contribution in [0.3, 0.4) is 0 Å². The van der Waals surface area contributed by atoms with Crippen LogP contribution in [-0.4, -0.2) is 50.7 Å². The van der Waals surface area contributed by atoms with Gasteiger partial charge in [-0.05, 0) is 63.1 Å². The van der Waals surface area contributed by atoms with Gasteiger partial charge in [0, 0.05) is 18.7 Å². The highest BCUT2D eigenvalue weighted by Crippen LogP contribution is 2.31. The van der Waals surface area contributed by atoms with Crippen LogP contribution in [0.2, 0.25) is 0 Å².